The number of nitrogens with zero attached hydrogens (tertiary/aromatic N) is 1. The molecule has 0 radical (unpaired) electrons. The van der Waals surface area contributed by atoms with E-state index in [9.17, 15) is 0 Å². The SMILES string of the molecule is C=CC[C@@H](OC(=S)N(C)C)[C@@H]1COC(C)(C)O1. The summed E-state index contributed by atoms with van der Waals surface area (Å²) < 4.78 is 17.0. The molecule has 0 unspecified atom stereocenters. The monoisotopic (exact) mass is 259 g/mol. The van der Waals surface area contributed by atoms with E-state index in [1.807, 2.05) is 27.9 Å². The fourth-order valence-electron chi connectivity index (χ4n) is 1.57. The number of hydrogen-bond acceptors (Lipinski definition) is 4. The molecule has 0 aromatic rings. The lowest BCUT2D eigenvalue weighted by atomic mass is 10.1. The first kappa shape index (κ1) is 14.4. The quantitative estimate of drug-likeness (QED) is 0.569. The van der Waals surface area contributed by atoms with Crippen molar-refractivity contribution in [2.24, 2.45) is 0 Å². The Hall–Kier alpha value is -0.650. The van der Waals surface area contributed by atoms with Crippen molar-refractivity contribution in [2.75, 3.05) is 20.7 Å². The number of thiocarbonyl (C=S) groups is 1. The molecule has 4 nitrogen and oxygen atoms in total. The fraction of sp³-hybridized carbons (Fsp3) is 0.750. The average molecular weight is 259 g/mol. The molecule has 0 aromatic carbocycles. The van der Waals surface area contributed by atoms with Crippen LogP contribution < -0.4 is 0 Å². The zero-order chi connectivity index (χ0) is 13.1. The molecular formula is C12H21NO3S. The van der Waals surface area contributed by atoms with Crippen LogP contribution in [0.15, 0.2) is 12.7 Å². The first-order valence-electron chi connectivity index (χ1n) is 5.66. The Kier molecular flexibility index (Phi) is 4.91. The smallest absolute Gasteiger partial charge is 0.259 e. The molecule has 0 aliphatic carbocycles. The summed E-state index contributed by atoms with van der Waals surface area (Å²) in [6, 6.07) is 0. The van der Waals surface area contributed by atoms with E-state index >= 15 is 0 Å². The summed E-state index contributed by atoms with van der Waals surface area (Å²) in [5.41, 5.74) is 0. The van der Waals surface area contributed by atoms with Crippen LogP contribution >= 0.6 is 12.2 Å². The topological polar surface area (TPSA) is 30.9 Å². The van der Waals surface area contributed by atoms with Gasteiger partial charge < -0.3 is 19.1 Å². The molecule has 1 aliphatic heterocycles. The summed E-state index contributed by atoms with van der Waals surface area (Å²) in [5.74, 6) is -0.548. The molecule has 98 valence electrons. The second-order valence-corrected chi connectivity index (χ2v) is 5.06. The Bertz CT molecular complexity index is 291. The second kappa shape index (κ2) is 5.80. The highest BCUT2D eigenvalue weighted by Crippen LogP contribution is 2.26. The van der Waals surface area contributed by atoms with Crippen molar-refractivity contribution in [3.05, 3.63) is 12.7 Å². The Morgan fingerprint density at radius 2 is 2.29 bits per heavy atom. The predicted octanol–water partition coefficient (Wildman–Crippen LogP) is 1.95. The number of hydrogen-bond donors (Lipinski definition) is 0. The van der Waals surface area contributed by atoms with Crippen LogP contribution in [0.2, 0.25) is 0 Å². The number of rotatable bonds is 4. The standard InChI is InChI=1S/C12H21NO3S/c1-6-7-9(15-11(17)13(4)5)10-8-14-12(2,3)16-10/h6,9-10H,1,7-8H2,2-5H3/t9-,10+/m1/s1. The van der Waals surface area contributed by atoms with Crippen molar-refractivity contribution < 1.29 is 14.2 Å². The lowest BCUT2D eigenvalue weighted by molar-refractivity contribution is -0.149. The van der Waals surface area contributed by atoms with E-state index in [0.717, 1.165) is 0 Å². The highest BCUT2D eigenvalue weighted by molar-refractivity contribution is 7.80. The van der Waals surface area contributed by atoms with Gasteiger partial charge in [-0.3, -0.25) is 0 Å². The maximum absolute atomic E-state index is 5.77. The molecular weight excluding hydrogens is 238 g/mol. The first-order valence-corrected chi connectivity index (χ1v) is 6.07. The molecule has 17 heavy (non-hydrogen) atoms. The van der Waals surface area contributed by atoms with Gasteiger partial charge in [-0.05, 0) is 26.1 Å². The van der Waals surface area contributed by atoms with Gasteiger partial charge in [0.15, 0.2) is 5.79 Å². The number of ether oxygens (including phenoxy) is 3. The second-order valence-electron chi connectivity index (χ2n) is 4.71. The summed E-state index contributed by atoms with van der Waals surface area (Å²) in [6.45, 7) is 8.02. The Morgan fingerprint density at radius 3 is 2.71 bits per heavy atom. The molecule has 2 atom stereocenters. The first-order chi connectivity index (χ1) is 7.85. The van der Waals surface area contributed by atoms with Crippen LogP contribution in [0.25, 0.3) is 0 Å². The maximum Gasteiger partial charge on any atom is 0.259 e. The third-order valence-electron chi connectivity index (χ3n) is 2.46. The van der Waals surface area contributed by atoms with Crippen molar-refractivity contribution in [3.8, 4) is 0 Å². The van der Waals surface area contributed by atoms with Crippen molar-refractivity contribution in [1.82, 2.24) is 4.90 Å². The van der Waals surface area contributed by atoms with Gasteiger partial charge in [-0.25, -0.2) is 0 Å². The van der Waals surface area contributed by atoms with Gasteiger partial charge >= 0.3 is 0 Å². The molecule has 0 amide bonds. The van der Waals surface area contributed by atoms with E-state index < -0.39 is 5.79 Å². The predicted molar refractivity (Wildman–Crippen MR) is 70.9 cm³/mol. The van der Waals surface area contributed by atoms with Crippen LogP contribution in [0.3, 0.4) is 0 Å². The molecule has 1 saturated heterocycles. The third kappa shape index (κ3) is 4.26. The highest BCUT2D eigenvalue weighted by Gasteiger charge is 2.38. The van der Waals surface area contributed by atoms with Gasteiger partial charge in [-0.15, -0.1) is 6.58 Å². The lowest BCUT2D eigenvalue weighted by Gasteiger charge is -2.26. The van der Waals surface area contributed by atoms with Gasteiger partial charge in [0.25, 0.3) is 5.17 Å². The summed E-state index contributed by atoms with van der Waals surface area (Å²) >= 11 is 5.13. The minimum absolute atomic E-state index is 0.110. The maximum atomic E-state index is 5.77. The van der Waals surface area contributed by atoms with E-state index in [4.69, 9.17) is 26.4 Å². The van der Waals surface area contributed by atoms with E-state index in [0.29, 0.717) is 18.2 Å². The fourth-order valence-corrected chi connectivity index (χ4v) is 1.70. The van der Waals surface area contributed by atoms with Gasteiger partial charge in [0.05, 0.1) is 6.61 Å². The van der Waals surface area contributed by atoms with E-state index in [-0.39, 0.29) is 12.2 Å². The van der Waals surface area contributed by atoms with Crippen LogP contribution in [0.1, 0.15) is 20.3 Å². The summed E-state index contributed by atoms with van der Waals surface area (Å²) in [6.07, 6.45) is 2.22. The summed E-state index contributed by atoms with van der Waals surface area (Å²) in [7, 11) is 3.70. The molecule has 1 fully saturated rings. The van der Waals surface area contributed by atoms with Crippen LogP contribution in [0, 0.1) is 0 Å². The van der Waals surface area contributed by atoms with Crippen LogP contribution in [-0.4, -0.2) is 48.8 Å². The van der Waals surface area contributed by atoms with Gasteiger partial charge in [-0.1, -0.05) is 6.08 Å². The average Bonchev–Trinajstić information content (AvgIpc) is 2.58. The Morgan fingerprint density at radius 1 is 1.65 bits per heavy atom. The highest BCUT2D eigenvalue weighted by atomic mass is 32.1. The molecule has 0 spiro atoms. The van der Waals surface area contributed by atoms with Crippen LogP contribution in [-0.2, 0) is 14.2 Å². The minimum atomic E-state index is -0.548. The largest absolute Gasteiger partial charge is 0.464 e. The normalized spacial score (nSPS) is 24.1. The molecule has 0 aromatic heterocycles. The molecule has 0 bridgehead atoms. The Balaban J connectivity index is 2.60. The van der Waals surface area contributed by atoms with Crippen molar-refractivity contribution in [3.63, 3.8) is 0 Å². The van der Waals surface area contributed by atoms with Crippen LogP contribution in [0.4, 0.5) is 0 Å². The van der Waals surface area contributed by atoms with Gasteiger partial charge in [0, 0.05) is 20.5 Å². The van der Waals surface area contributed by atoms with E-state index in [1.165, 1.54) is 0 Å². The van der Waals surface area contributed by atoms with Crippen LogP contribution in [0.5, 0.6) is 0 Å². The van der Waals surface area contributed by atoms with Gasteiger partial charge in [0.2, 0.25) is 0 Å². The van der Waals surface area contributed by atoms with E-state index in [1.54, 1.807) is 11.0 Å². The molecule has 1 rings (SSSR count). The molecule has 1 aliphatic rings. The lowest BCUT2D eigenvalue weighted by Crippen LogP contribution is -2.37. The molecule has 1 heterocycles. The van der Waals surface area contributed by atoms with E-state index in [2.05, 4.69) is 6.58 Å². The summed E-state index contributed by atoms with van der Waals surface area (Å²) in [5, 5.41) is 0.449. The molecule has 5 heteroatoms. The van der Waals surface area contributed by atoms with Gasteiger partial charge in [0.1, 0.15) is 12.2 Å². The zero-order valence-electron chi connectivity index (χ0n) is 10.9. The minimum Gasteiger partial charge on any atom is -0.464 e. The van der Waals surface area contributed by atoms with Crippen molar-refractivity contribution in [1.29, 1.82) is 0 Å². The molecule has 0 saturated carbocycles. The van der Waals surface area contributed by atoms with Crippen molar-refractivity contribution in [2.45, 2.75) is 38.3 Å². The zero-order valence-corrected chi connectivity index (χ0v) is 11.8. The third-order valence-corrected chi connectivity index (χ3v) is 2.92. The van der Waals surface area contributed by atoms with Crippen molar-refractivity contribution >= 4 is 17.4 Å². The Labute approximate surface area is 109 Å². The molecule has 0 N–H and O–H groups in total. The summed E-state index contributed by atoms with van der Waals surface area (Å²) in [4.78, 5) is 1.76. The van der Waals surface area contributed by atoms with Gasteiger partial charge in [-0.2, -0.15) is 0 Å².